The van der Waals surface area contributed by atoms with Crippen LogP contribution in [0.25, 0.3) is 0 Å². The van der Waals surface area contributed by atoms with Gasteiger partial charge in [0, 0.05) is 48.5 Å². The van der Waals surface area contributed by atoms with Crippen LogP contribution in [0.4, 0.5) is 4.39 Å². The Morgan fingerprint density at radius 3 is 2.54 bits per heavy atom. The summed E-state index contributed by atoms with van der Waals surface area (Å²) in [6.07, 6.45) is 6.10. The first kappa shape index (κ1) is 19.6. The molecular weight excluding hydrogens is 355 g/mol. The number of amides is 1. The second-order valence-corrected chi connectivity index (χ2v) is 6.73. The summed E-state index contributed by atoms with van der Waals surface area (Å²) in [5.41, 5.74) is 3.99. The molecular formula is C22H23FN4O. The topological polar surface area (TPSA) is 67.8 Å². The second kappa shape index (κ2) is 9.17. The van der Waals surface area contributed by atoms with Crippen LogP contribution in [0.2, 0.25) is 0 Å². The average molecular weight is 378 g/mol. The van der Waals surface area contributed by atoms with E-state index < -0.39 is 0 Å². The minimum Gasteiger partial charge on any atom is -0.352 e. The zero-order chi connectivity index (χ0) is 19.9. The highest BCUT2D eigenvalue weighted by molar-refractivity contribution is 5.94. The number of nitrogens with one attached hydrogen (secondary N) is 1. The normalized spacial score (nSPS) is 11.8. The molecule has 0 saturated carbocycles. The number of hydrogen-bond donors (Lipinski definition) is 1. The van der Waals surface area contributed by atoms with Crippen molar-refractivity contribution in [1.29, 1.82) is 0 Å². The van der Waals surface area contributed by atoms with Gasteiger partial charge in [-0.05, 0) is 49.1 Å². The van der Waals surface area contributed by atoms with Crippen LogP contribution in [0.1, 0.15) is 52.8 Å². The maximum Gasteiger partial charge on any atom is 0.251 e. The molecule has 1 atom stereocenters. The zero-order valence-corrected chi connectivity index (χ0v) is 16.0. The van der Waals surface area contributed by atoms with Crippen LogP contribution < -0.4 is 5.32 Å². The van der Waals surface area contributed by atoms with Crippen LogP contribution in [0.5, 0.6) is 0 Å². The molecule has 1 N–H and O–H groups in total. The lowest BCUT2D eigenvalue weighted by Gasteiger charge is -2.14. The quantitative estimate of drug-likeness (QED) is 0.681. The van der Waals surface area contributed by atoms with Crippen molar-refractivity contribution < 1.29 is 9.18 Å². The van der Waals surface area contributed by atoms with Crippen LogP contribution in [0, 0.1) is 5.82 Å². The molecule has 144 valence electrons. The third-order valence-electron chi connectivity index (χ3n) is 4.46. The Hall–Kier alpha value is -3.15. The van der Waals surface area contributed by atoms with Gasteiger partial charge in [0.15, 0.2) is 0 Å². The number of carbonyl (C=O) groups is 1. The summed E-state index contributed by atoms with van der Waals surface area (Å²) in [4.78, 5) is 25.5. The fourth-order valence-electron chi connectivity index (χ4n) is 3.07. The molecule has 28 heavy (non-hydrogen) atoms. The van der Waals surface area contributed by atoms with E-state index >= 15 is 0 Å². The first-order valence-corrected chi connectivity index (χ1v) is 9.33. The Balaban J connectivity index is 1.87. The molecule has 0 unspecified atom stereocenters. The maximum absolute atomic E-state index is 13.2. The predicted molar refractivity (Wildman–Crippen MR) is 106 cm³/mol. The van der Waals surface area contributed by atoms with E-state index in [4.69, 9.17) is 4.98 Å². The summed E-state index contributed by atoms with van der Waals surface area (Å²) in [6.45, 7) is 4.51. The summed E-state index contributed by atoms with van der Waals surface area (Å²) in [5, 5.41) is 2.84. The van der Waals surface area contributed by atoms with Crippen molar-refractivity contribution in [2.45, 2.75) is 32.6 Å². The monoisotopic (exact) mass is 378 g/mol. The standard InChI is InChI=1S/C22H23FN4O/c1-3-25-22(28)17-11-19(10-15(2)16-4-6-18(23)7-5-16)27-20(12-17)13-21-14-24-8-9-26-21/h4-9,11-12,14-15H,3,10,13H2,1-2H3,(H,25,28)/t15-/m1/s1. The Morgan fingerprint density at radius 2 is 1.86 bits per heavy atom. The molecule has 3 rings (SSSR count). The third kappa shape index (κ3) is 5.19. The molecule has 0 saturated heterocycles. The number of aromatic nitrogens is 3. The lowest BCUT2D eigenvalue weighted by molar-refractivity contribution is 0.0955. The minimum atomic E-state index is -0.251. The summed E-state index contributed by atoms with van der Waals surface area (Å²) >= 11 is 0. The van der Waals surface area contributed by atoms with Crippen LogP contribution in [0.15, 0.2) is 55.0 Å². The van der Waals surface area contributed by atoms with E-state index in [1.807, 2.05) is 13.0 Å². The molecule has 0 fully saturated rings. The van der Waals surface area contributed by atoms with E-state index in [1.54, 1.807) is 36.8 Å². The number of pyridine rings is 1. The van der Waals surface area contributed by atoms with Crippen molar-refractivity contribution in [3.63, 3.8) is 0 Å². The average Bonchev–Trinajstić information content (AvgIpc) is 2.69. The van der Waals surface area contributed by atoms with Gasteiger partial charge >= 0.3 is 0 Å². The van der Waals surface area contributed by atoms with Gasteiger partial charge in [-0.1, -0.05) is 19.1 Å². The van der Waals surface area contributed by atoms with Gasteiger partial charge in [0.1, 0.15) is 5.82 Å². The Kier molecular flexibility index (Phi) is 6.42. The Labute approximate surface area is 164 Å². The van der Waals surface area contributed by atoms with E-state index in [2.05, 4.69) is 22.2 Å². The number of hydrogen-bond acceptors (Lipinski definition) is 4. The second-order valence-electron chi connectivity index (χ2n) is 6.73. The molecule has 1 aromatic carbocycles. The molecule has 6 heteroatoms. The van der Waals surface area contributed by atoms with Crippen LogP contribution in [0.3, 0.4) is 0 Å². The lowest BCUT2D eigenvalue weighted by Crippen LogP contribution is -2.23. The number of halogens is 1. The fourth-order valence-corrected chi connectivity index (χ4v) is 3.07. The summed E-state index contributed by atoms with van der Waals surface area (Å²) in [5.74, 6) is -0.235. The van der Waals surface area contributed by atoms with Crippen molar-refractivity contribution >= 4 is 5.91 Å². The molecule has 0 spiro atoms. The molecule has 1 amide bonds. The predicted octanol–water partition coefficient (Wildman–Crippen LogP) is 3.70. The van der Waals surface area contributed by atoms with Gasteiger partial charge < -0.3 is 5.32 Å². The summed E-state index contributed by atoms with van der Waals surface area (Å²) in [7, 11) is 0. The van der Waals surface area contributed by atoms with Gasteiger partial charge in [-0.25, -0.2) is 4.39 Å². The van der Waals surface area contributed by atoms with E-state index in [0.29, 0.717) is 24.9 Å². The summed E-state index contributed by atoms with van der Waals surface area (Å²) in [6, 6.07) is 10.1. The number of rotatable bonds is 7. The van der Waals surface area contributed by atoms with Crippen molar-refractivity contribution in [2.24, 2.45) is 0 Å². The van der Waals surface area contributed by atoms with Crippen molar-refractivity contribution in [3.8, 4) is 0 Å². The highest BCUT2D eigenvalue weighted by Gasteiger charge is 2.14. The summed E-state index contributed by atoms with van der Waals surface area (Å²) < 4.78 is 13.2. The van der Waals surface area contributed by atoms with Gasteiger partial charge in [-0.2, -0.15) is 0 Å². The van der Waals surface area contributed by atoms with E-state index in [0.717, 1.165) is 22.6 Å². The Bertz CT molecular complexity index is 929. The number of benzene rings is 1. The van der Waals surface area contributed by atoms with E-state index in [1.165, 1.54) is 12.1 Å². The van der Waals surface area contributed by atoms with Crippen LogP contribution >= 0.6 is 0 Å². The molecule has 0 aliphatic rings. The zero-order valence-electron chi connectivity index (χ0n) is 16.0. The van der Waals surface area contributed by atoms with Gasteiger partial charge in [-0.3, -0.25) is 19.7 Å². The van der Waals surface area contributed by atoms with Crippen molar-refractivity contribution in [3.05, 3.63) is 89.0 Å². The molecule has 2 aromatic heterocycles. The smallest absolute Gasteiger partial charge is 0.251 e. The number of nitrogens with zero attached hydrogens (tertiary/aromatic N) is 3. The van der Waals surface area contributed by atoms with Gasteiger partial charge in [0.25, 0.3) is 5.91 Å². The SMILES string of the molecule is CCNC(=O)c1cc(Cc2cnccn2)nc(C[C@@H](C)c2ccc(F)cc2)c1. The van der Waals surface area contributed by atoms with Crippen molar-refractivity contribution in [1.82, 2.24) is 20.3 Å². The molecule has 0 radical (unpaired) electrons. The maximum atomic E-state index is 13.2. The number of carbonyl (C=O) groups excluding carboxylic acids is 1. The highest BCUT2D eigenvalue weighted by atomic mass is 19.1. The van der Waals surface area contributed by atoms with Crippen LogP contribution in [-0.4, -0.2) is 27.4 Å². The fraction of sp³-hybridized carbons (Fsp3) is 0.273. The highest BCUT2D eigenvalue weighted by Crippen LogP contribution is 2.21. The van der Waals surface area contributed by atoms with Crippen LogP contribution in [-0.2, 0) is 12.8 Å². The van der Waals surface area contributed by atoms with Gasteiger partial charge in [0.05, 0.1) is 5.69 Å². The largest absolute Gasteiger partial charge is 0.352 e. The molecule has 0 bridgehead atoms. The minimum absolute atomic E-state index is 0.124. The lowest BCUT2D eigenvalue weighted by atomic mass is 9.95. The first-order chi connectivity index (χ1) is 13.5. The third-order valence-corrected chi connectivity index (χ3v) is 4.46. The first-order valence-electron chi connectivity index (χ1n) is 9.33. The Morgan fingerprint density at radius 1 is 1.11 bits per heavy atom. The molecule has 3 aromatic rings. The van der Waals surface area contributed by atoms with E-state index in [-0.39, 0.29) is 17.6 Å². The molecule has 0 aliphatic carbocycles. The molecule has 0 aliphatic heterocycles. The van der Waals surface area contributed by atoms with Crippen molar-refractivity contribution in [2.75, 3.05) is 6.54 Å². The van der Waals surface area contributed by atoms with E-state index in [9.17, 15) is 9.18 Å². The van der Waals surface area contributed by atoms with Gasteiger partial charge in [-0.15, -0.1) is 0 Å². The molecule has 2 heterocycles. The molecule has 5 nitrogen and oxygen atoms in total. The van der Waals surface area contributed by atoms with Gasteiger partial charge in [0.2, 0.25) is 0 Å².